The van der Waals surface area contributed by atoms with Gasteiger partial charge in [0, 0.05) is 0 Å². The predicted octanol–water partition coefficient (Wildman–Crippen LogP) is -1.36. The topological polar surface area (TPSA) is 0 Å². The van der Waals surface area contributed by atoms with Crippen LogP contribution in [0.3, 0.4) is 0 Å². The number of halogens is 2. The van der Waals surface area contributed by atoms with Crippen LogP contribution in [0, 0.1) is 24.0 Å². The van der Waals surface area contributed by atoms with Crippen LogP contribution in [0.25, 0.3) is 0 Å². The SMILES string of the molecule is CC1=[C-]C(C)C=C1C.CC1=[C-]C(C)C=C1C.[CH2]=[Ti+2].[Cl-].[Cl-]. The molecule has 0 aromatic carbocycles. The van der Waals surface area contributed by atoms with E-state index in [1.54, 1.807) is 20.0 Å². The molecule has 2 rings (SSSR count). The van der Waals surface area contributed by atoms with E-state index in [-0.39, 0.29) is 24.8 Å². The molecule has 0 bridgehead atoms. The zero-order valence-corrected chi connectivity index (χ0v) is 16.3. The monoisotopic (exact) mass is 346 g/mol. The molecule has 0 spiro atoms. The van der Waals surface area contributed by atoms with Gasteiger partial charge in [-0.2, -0.15) is 12.2 Å². The Morgan fingerprint density at radius 1 is 0.800 bits per heavy atom. The summed E-state index contributed by atoms with van der Waals surface area (Å²) in [7, 11) is 0. The zero-order valence-electron chi connectivity index (χ0n) is 13.3. The fourth-order valence-corrected chi connectivity index (χ4v) is 1.99. The van der Waals surface area contributed by atoms with Gasteiger partial charge in [-0.05, 0) is 0 Å². The van der Waals surface area contributed by atoms with Crippen molar-refractivity contribution < 1.29 is 44.8 Å². The van der Waals surface area contributed by atoms with Gasteiger partial charge in [0.2, 0.25) is 0 Å². The molecule has 0 N–H and O–H groups in total. The third-order valence-electron chi connectivity index (χ3n) is 3.07. The molecule has 0 radical (unpaired) electrons. The summed E-state index contributed by atoms with van der Waals surface area (Å²) in [4.78, 5) is 3.25. The third-order valence-corrected chi connectivity index (χ3v) is 3.07. The average molecular weight is 347 g/mol. The van der Waals surface area contributed by atoms with Crippen molar-refractivity contribution in [1.82, 2.24) is 0 Å². The molecular weight excluding hydrogens is 323 g/mol. The van der Waals surface area contributed by atoms with Gasteiger partial charge < -0.3 is 24.8 Å². The van der Waals surface area contributed by atoms with Crippen LogP contribution in [0.5, 0.6) is 0 Å². The molecular formula is C17H24Cl2Ti-2. The second kappa shape index (κ2) is 12.8. The van der Waals surface area contributed by atoms with E-state index in [0.717, 1.165) is 0 Å². The predicted molar refractivity (Wildman–Crippen MR) is 77.8 cm³/mol. The van der Waals surface area contributed by atoms with Crippen molar-refractivity contribution >= 4 is 4.82 Å². The Balaban J connectivity index is -0.000000236. The van der Waals surface area contributed by atoms with E-state index in [0.29, 0.717) is 11.8 Å². The van der Waals surface area contributed by atoms with Crippen LogP contribution < -0.4 is 24.8 Å². The maximum Gasteiger partial charge on any atom is -1.00 e. The minimum atomic E-state index is 0. The Bertz CT molecular complexity index is 329. The maximum atomic E-state index is 3.29. The summed E-state index contributed by atoms with van der Waals surface area (Å²) in [5.74, 6) is 1.10. The number of allylic oxidation sites excluding steroid dienone is 8. The number of rotatable bonds is 0. The molecule has 0 saturated heterocycles. The van der Waals surface area contributed by atoms with Gasteiger partial charge in [-0.3, -0.25) is 12.2 Å². The molecule has 2 aliphatic rings. The first-order chi connectivity index (χ1) is 8.40. The molecule has 3 heteroatoms. The molecule has 0 aliphatic heterocycles. The van der Waals surface area contributed by atoms with E-state index in [2.05, 4.69) is 70.7 Å². The minimum absolute atomic E-state index is 0. The third kappa shape index (κ3) is 9.13. The van der Waals surface area contributed by atoms with Crippen LogP contribution in [0.2, 0.25) is 0 Å². The van der Waals surface area contributed by atoms with Crippen LogP contribution >= 0.6 is 0 Å². The Labute approximate surface area is 149 Å². The molecule has 2 unspecified atom stereocenters. The normalized spacial score (nSPS) is 22.4. The summed E-state index contributed by atoms with van der Waals surface area (Å²) >= 11 is 1.75. The Morgan fingerprint density at radius 2 is 1.05 bits per heavy atom. The molecule has 0 aromatic rings. The molecule has 0 aromatic heterocycles. The van der Waals surface area contributed by atoms with Crippen molar-refractivity contribution in [2.24, 2.45) is 11.8 Å². The minimum Gasteiger partial charge on any atom is -1.00 e. The van der Waals surface area contributed by atoms with Crippen molar-refractivity contribution in [2.45, 2.75) is 41.5 Å². The Hall–Kier alpha value is 0.124. The van der Waals surface area contributed by atoms with Gasteiger partial charge >= 0.3 is 24.8 Å². The second-order valence-electron chi connectivity index (χ2n) is 4.82. The average Bonchev–Trinajstić information content (AvgIpc) is 2.74. The van der Waals surface area contributed by atoms with Crippen molar-refractivity contribution in [3.63, 3.8) is 0 Å². The van der Waals surface area contributed by atoms with Crippen molar-refractivity contribution in [3.05, 3.63) is 46.6 Å². The van der Waals surface area contributed by atoms with Crippen molar-refractivity contribution in [3.8, 4) is 0 Å². The van der Waals surface area contributed by atoms with Gasteiger partial charge in [0.1, 0.15) is 0 Å². The van der Waals surface area contributed by atoms with E-state index >= 15 is 0 Å². The van der Waals surface area contributed by atoms with Crippen LogP contribution in [0.15, 0.2) is 34.4 Å². The molecule has 0 saturated carbocycles. The van der Waals surface area contributed by atoms with Crippen molar-refractivity contribution in [2.75, 3.05) is 0 Å². The number of hydrogen-bond donors (Lipinski definition) is 0. The van der Waals surface area contributed by atoms with Gasteiger partial charge in [0.25, 0.3) is 0 Å². The molecule has 112 valence electrons. The Kier molecular flexibility index (Phi) is 16.1. The summed E-state index contributed by atoms with van der Waals surface area (Å²) in [5.41, 5.74) is 5.41. The fourth-order valence-electron chi connectivity index (χ4n) is 1.99. The van der Waals surface area contributed by atoms with Crippen LogP contribution in [-0.2, 0) is 20.0 Å². The number of hydrogen-bond acceptors (Lipinski definition) is 0. The molecule has 20 heavy (non-hydrogen) atoms. The summed E-state index contributed by atoms with van der Waals surface area (Å²) in [6, 6.07) is 0. The van der Waals surface area contributed by atoms with Gasteiger partial charge in [0.15, 0.2) is 0 Å². The molecule has 0 nitrogen and oxygen atoms in total. The largest absolute Gasteiger partial charge is 1.00 e. The standard InChI is InChI=1S/2C8H11.CH2.2ClH.Ti/c2*1-6-4-7(2)8(3)5-6;;;;/h2*4,6H,1-3H3;1H2;2*1H;/q2*-1;;;;+2/p-2. The van der Waals surface area contributed by atoms with Gasteiger partial charge in [-0.1, -0.05) is 39.5 Å². The smallest absolute Gasteiger partial charge is 1.00 e. The summed E-state index contributed by atoms with van der Waals surface area (Å²) < 4.78 is 0. The zero-order chi connectivity index (χ0) is 14.3. The van der Waals surface area contributed by atoms with E-state index in [1.807, 2.05) is 0 Å². The van der Waals surface area contributed by atoms with E-state index in [4.69, 9.17) is 0 Å². The Morgan fingerprint density at radius 3 is 1.10 bits per heavy atom. The second-order valence-corrected chi connectivity index (χ2v) is 4.82. The van der Waals surface area contributed by atoms with Crippen LogP contribution in [0.1, 0.15) is 41.5 Å². The quantitative estimate of drug-likeness (QED) is 0.375. The van der Waals surface area contributed by atoms with E-state index in [9.17, 15) is 0 Å². The maximum absolute atomic E-state index is 3.29. The van der Waals surface area contributed by atoms with Crippen LogP contribution in [-0.4, -0.2) is 4.82 Å². The van der Waals surface area contributed by atoms with E-state index < -0.39 is 0 Å². The first-order valence-corrected chi connectivity index (χ1v) is 7.43. The molecule has 0 heterocycles. The fraction of sp³-hybridized carbons (Fsp3) is 0.471. The summed E-state index contributed by atoms with van der Waals surface area (Å²) in [6.45, 7) is 12.8. The van der Waals surface area contributed by atoms with Crippen molar-refractivity contribution in [1.29, 1.82) is 0 Å². The molecule has 2 atom stereocenters. The first kappa shape index (κ1) is 25.1. The van der Waals surface area contributed by atoms with Gasteiger partial charge in [-0.15, -0.1) is 13.8 Å². The van der Waals surface area contributed by atoms with Gasteiger partial charge in [0.05, 0.1) is 0 Å². The summed E-state index contributed by atoms with van der Waals surface area (Å²) in [6.07, 6.45) is 11.0. The summed E-state index contributed by atoms with van der Waals surface area (Å²) in [5, 5.41) is 0. The van der Waals surface area contributed by atoms with E-state index in [1.165, 1.54) is 22.3 Å². The van der Waals surface area contributed by atoms with Gasteiger partial charge in [-0.25, -0.2) is 22.3 Å². The van der Waals surface area contributed by atoms with Crippen LogP contribution in [0.4, 0.5) is 0 Å². The first-order valence-electron chi connectivity index (χ1n) is 6.33. The molecule has 0 amide bonds. The molecule has 2 aliphatic carbocycles. The molecule has 0 fully saturated rings.